The van der Waals surface area contributed by atoms with Gasteiger partial charge < -0.3 is 14.2 Å². The molecule has 28 heavy (non-hydrogen) atoms. The molecule has 6 nitrogen and oxygen atoms in total. The summed E-state index contributed by atoms with van der Waals surface area (Å²) in [4.78, 5) is 26.6. The molecule has 2 aromatic heterocycles. The lowest BCUT2D eigenvalue weighted by Crippen LogP contribution is -2.45. The summed E-state index contributed by atoms with van der Waals surface area (Å²) in [5, 5.41) is 2.86. The molecule has 0 saturated carbocycles. The lowest BCUT2D eigenvalue weighted by molar-refractivity contribution is -0.127. The fraction of sp³-hybridized carbons (Fsp3) is 0.273. The number of furan rings is 2. The maximum absolute atomic E-state index is 12.6. The van der Waals surface area contributed by atoms with Gasteiger partial charge in [-0.25, -0.2) is 0 Å². The highest BCUT2D eigenvalue weighted by molar-refractivity contribution is 5.88. The van der Waals surface area contributed by atoms with Crippen molar-refractivity contribution in [2.24, 2.45) is 0 Å². The summed E-state index contributed by atoms with van der Waals surface area (Å²) in [5.74, 6) is 1.23. The summed E-state index contributed by atoms with van der Waals surface area (Å²) >= 11 is 0. The van der Waals surface area contributed by atoms with E-state index in [-0.39, 0.29) is 18.2 Å². The van der Waals surface area contributed by atoms with Crippen molar-refractivity contribution >= 4 is 11.7 Å². The van der Waals surface area contributed by atoms with Crippen LogP contribution in [-0.2, 0) is 29.1 Å². The predicted octanol–water partition coefficient (Wildman–Crippen LogP) is 3.19. The molecule has 0 aliphatic heterocycles. The van der Waals surface area contributed by atoms with Crippen LogP contribution in [-0.4, -0.2) is 29.2 Å². The van der Waals surface area contributed by atoms with Gasteiger partial charge in [-0.05, 0) is 43.2 Å². The van der Waals surface area contributed by atoms with Crippen LogP contribution in [0, 0.1) is 0 Å². The van der Waals surface area contributed by atoms with E-state index in [0.29, 0.717) is 19.5 Å². The van der Waals surface area contributed by atoms with Gasteiger partial charge in [0.2, 0.25) is 5.91 Å². The first kappa shape index (κ1) is 19.6. The minimum Gasteiger partial charge on any atom is -0.468 e. The fourth-order valence-electron chi connectivity index (χ4n) is 3.00. The lowest BCUT2D eigenvalue weighted by Gasteiger charge is -2.22. The van der Waals surface area contributed by atoms with E-state index in [1.54, 1.807) is 12.5 Å². The summed E-state index contributed by atoms with van der Waals surface area (Å²) in [5.41, 5.74) is 1.01. The average Bonchev–Trinajstić information content (AvgIpc) is 3.36. The van der Waals surface area contributed by atoms with Gasteiger partial charge >= 0.3 is 0 Å². The highest BCUT2D eigenvalue weighted by atomic mass is 16.3. The summed E-state index contributed by atoms with van der Waals surface area (Å²) in [7, 11) is 0. The smallest absolute Gasteiger partial charge is 0.234 e. The number of nitrogens with zero attached hydrogens (tertiary/aromatic N) is 1. The third kappa shape index (κ3) is 5.96. The Bertz CT molecular complexity index is 821. The summed E-state index contributed by atoms with van der Waals surface area (Å²) in [6.07, 6.45) is 3.68. The Hall–Kier alpha value is -3.12. The van der Waals surface area contributed by atoms with Crippen LogP contribution in [0.5, 0.6) is 0 Å². The van der Waals surface area contributed by atoms with Gasteiger partial charge in [0.05, 0.1) is 38.2 Å². The molecule has 6 heteroatoms. The van der Waals surface area contributed by atoms with E-state index in [0.717, 1.165) is 17.1 Å². The Labute approximate surface area is 164 Å². The zero-order valence-electron chi connectivity index (χ0n) is 15.8. The standard InChI is InChI=1S/C22H24N2O4/c1-17(25)21(13-18-7-3-2-4-8-18)23-22(26)16-24(14-19-9-5-11-27-19)15-20-10-6-12-28-20/h2-12,21H,13-16H2,1H3,(H,23,26)/t21-/m0/s1. The predicted molar refractivity (Wildman–Crippen MR) is 104 cm³/mol. The Balaban J connectivity index is 1.63. The van der Waals surface area contributed by atoms with Crippen molar-refractivity contribution in [2.75, 3.05) is 6.54 Å². The van der Waals surface area contributed by atoms with E-state index in [1.165, 1.54) is 6.92 Å². The van der Waals surface area contributed by atoms with Crippen LogP contribution in [0.25, 0.3) is 0 Å². The molecule has 146 valence electrons. The molecule has 0 spiro atoms. The molecule has 0 fully saturated rings. The molecule has 1 N–H and O–H groups in total. The fourth-order valence-corrected chi connectivity index (χ4v) is 3.00. The quantitative estimate of drug-likeness (QED) is 0.585. The summed E-state index contributed by atoms with van der Waals surface area (Å²) in [6.45, 7) is 2.55. The monoisotopic (exact) mass is 380 g/mol. The minimum absolute atomic E-state index is 0.0687. The molecule has 0 aliphatic rings. The number of Topliss-reactive ketones (excluding diaryl/α,β-unsaturated/α-hetero) is 1. The molecule has 3 rings (SSSR count). The molecule has 1 amide bonds. The highest BCUT2D eigenvalue weighted by Crippen LogP contribution is 2.11. The Morgan fingerprint density at radius 2 is 1.54 bits per heavy atom. The van der Waals surface area contributed by atoms with E-state index < -0.39 is 6.04 Å². The number of carbonyl (C=O) groups excluding carboxylic acids is 2. The zero-order chi connectivity index (χ0) is 19.8. The van der Waals surface area contributed by atoms with Gasteiger partial charge in [0.25, 0.3) is 0 Å². The molecule has 0 unspecified atom stereocenters. The second-order valence-electron chi connectivity index (χ2n) is 6.72. The van der Waals surface area contributed by atoms with Crippen molar-refractivity contribution in [3.63, 3.8) is 0 Å². The third-order valence-corrected chi connectivity index (χ3v) is 4.39. The number of nitrogens with one attached hydrogen (secondary N) is 1. The summed E-state index contributed by atoms with van der Waals surface area (Å²) in [6, 6.07) is 16.5. The largest absolute Gasteiger partial charge is 0.468 e. The number of benzene rings is 1. The van der Waals surface area contributed by atoms with Crippen molar-refractivity contribution in [3.8, 4) is 0 Å². The molecular weight excluding hydrogens is 356 g/mol. The van der Waals surface area contributed by atoms with Crippen LogP contribution < -0.4 is 5.32 Å². The Morgan fingerprint density at radius 3 is 2.04 bits per heavy atom. The maximum Gasteiger partial charge on any atom is 0.234 e. The van der Waals surface area contributed by atoms with Gasteiger partial charge in [0, 0.05) is 0 Å². The molecular formula is C22H24N2O4. The molecule has 2 heterocycles. The molecule has 0 bridgehead atoms. The first-order chi connectivity index (χ1) is 13.6. The lowest BCUT2D eigenvalue weighted by atomic mass is 10.0. The molecule has 3 aromatic rings. The number of carbonyl (C=O) groups is 2. The van der Waals surface area contributed by atoms with E-state index >= 15 is 0 Å². The second-order valence-corrected chi connectivity index (χ2v) is 6.72. The van der Waals surface area contributed by atoms with Crippen molar-refractivity contribution in [1.82, 2.24) is 10.2 Å². The van der Waals surface area contributed by atoms with Gasteiger partial charge in [-0.1, -0.05) is 30.3 Å². The van der Waals surface area contributed by atoms with E-state index in [2.05, 4.69) is 5.32 Å². The number of hydrogen-bond acceptors (Lipinski definition) is 5. The van der Waals surface area contributed by atoms with Gasteiger partial charge in [-0.3, -0.25) is 14.5 Å². The zero-order valence-corrected chi connectivity index (χ0v) is 15.8. The Kier molecular flexibility index (Phi) is 6.81. The topological polar surface area (TPSA) is 75.7 Å². The molecule has 0 aliphatic carbocycles. The molecule has 0 saturated heterocycles. The van der Waals surface area contributed by atoms with Crippen LogP contribution in [0.2, 0.25) is 0 Å². The van der Waals surface area contributed by atoms with Crippen molar-refractivity contribution in [3.05, 3.63) is 84.2 Å². The maximum atomic E-state index is 12.6. The van der Waals surface area contributed by atoms with Crippen molar-refractivity contribution < 1.29 is 18.4 Å². The van der Waals surface area contributed by atoms with Crippen molar-refractivity contribution in [2.45, 2.75) is 32.5 Å². The summed E-state index contributed by atoms with van der Waals surface area (Å²) < 4.78 is 10.8. The van der Waals surface area contributed by atoms with Gasteiger partial charge in [0.15, 0.2) is 5.78 Å². The average molecular weight is 380 g/mol. The minimum atomic E-state index is -0.552. The first-order valence-electron chi connectivity index (χ1n) is 9.21. The number of rotatable bonds is 10. The van der Waals surface area contributed by atoms with Crippen LogP contribution in [0.15, 0.2) is 76.0 Å². The van der Waals surface area contributed by atoms with Crippen molar-refractivity contribution in [1.29, 1.82) is 0 Å². The number of hydrogen-bond donors (Lipinski definition) is 1. The number of ketones is 1. The van der Waals surface area contributed by atoms with Crippen LogP contribution >= 0.6 is 0 Å². The number of amides is 1. The van der Waals surface area contributed by atoms with E-state index in [1.807, 2.05) is 59.5 Å². The molecule has 1 aromatic carbocycles. The molecule has 0 radical (unpaired) electrons. The second kappa shape index (κ2) is 9.71. The van der Waals surface area contributed by atoms with E-state index in [9.17, 15) is 9.59 Å². The molecule has 1 atom stereocenters. The highest BCUT2D eigenvalue weighted by Gasteiger charge is 2.20. The van der Waals surface area contributed by atoms with Gasteiger partial charge in [0.1, 0.15) is 11.5 Å². The Morgan fingerprint density at radius 1 is 0.929 bits per heavy atom. The van der Waals surface area contributed by atoms with Crippen LogP contribution in [0.1, 0.15) is 24.0 Å². The van der Waals surface area contributed by atoms with E-state index in [4.69, 9.17) is 8.83 Å². The van der Waals surface area contributed by atoms with Gasteiger partial charge in [-0.2, -0.15) is 0 Å². The van der Waals surface area contributed by atoms with Crippen LogP contribution in [0.3, 0.4) is 0 Å². The SMILES string of the molecule is CC(=O)[C@H](Cc1ccccc1)NC(=O)CN(Cc1ccco1)Cc1ccco1. The normalized spacial score (nSPS) is 12.1. The third-order valence-electron chi connectivity index (χ3n) is 4.39. The van der Waals surface area contributed by atoms with Gasteiger partial charge in [-0.15, -0.1) is 0 Å². The first-order valence-corrected chi connectivity index (χ1v) is 9.21. The van der Waals surface area contributed by atoms with Crippen LogP contribution in [0.4, 0.5) is 0 Å².